The molecule has 0 aliphatic carbocycles. The monoisotopic (exact) mass is 280 g/mol. The van der Waals surface area contributed by atoms with Crippen molar-refractivity contribution in [3.63, 3.8) is 0 Å². The van der Waals surface area contributed by atoms with Crippen molar-refractivity contribution in [2.75, 3.05) is 18.5 Å². The van der Waals surface area contributed by atoms with Crippen LogP contribution in [0.15, 0.2) is 41.8 Å². The highest BCUT2D eigenvalue weighted by atomic mass is 32.2. The summed E-state index contributed by atoms with van der Waals surface area (Å²) in [6.07, 6.45) is 2.23. The van der Waals surface area contributed by atoms with E-state index in [1.165, 1.54) is 19.2 Å². The van der Waals surface area contributed by atoms with E-state index in [1.54, 1.807) is 23.1 Å². The minimum Gasteiger partial charge on any atom is -0.312 e. The molecule has 0 bridgehead atoms. The number of hydrogen-bond acceptors (Lipinski definition) is 3. The number of nitrogens with one attached hydrogen (secondary N) is 1. The van der Waals surface area contributed by atoms with Crippen LogP contribution in [0.4, 0.5) is 5.69 Å². The van der Waals surface area contributed by atoms with Gasteiger partial charge in [0.05, 0.1) is 4.90 Å². The van der Waals surface area contributed by atoms with Crippen LogP contribution in [0.2, 0.25) is 0 Å². The number of amides is 1. The summed E-state index contributed by atoms with van der Waals surface area (Å²) in [5, 5.41) is 0. The third-order valence-electron chi connectivity index (χ3n) is 3.22. The molecule has 6 heteroatoms. The molecule has 19 heavy (non-hydrogen) atoms. The second kappa shape index (κ2) is 5.14. The van der Waals surface area contributed by atoms with Crippen molar-refractivity contribution in [2.45, 2.75) is 11.3 Å². The second-order valence-electron chi connectivity index (χ2n) is 4.41. The Morgan fingerprint density at radius 3 is 2.47 bits per heavy atom. The fraction of sp³-hybridized carbons (Fsp3) is 0.308. The van der Waals surface area contributed by atoms with Crippen LogP contribution in [0.3, 0.4) is 0 Å². The minimum absolute atomic E-state index is 0.0362. The third kappa shape index (κ3) is 2.69. The molecule has 1 unspecified atom stereocenters. The number of sulfonamides is 1. The third-order valence-corrected chi connectivity index (χ3v) is 4.65. The zero-order valence-electron chi connectivity index (χ0n) is 10.7. The van der Waals surface area contributed by atoms with E-state index in [4.69, 9.17) is 0 Å². The summed E-state index contributed by atoms with van der Waals surface area (Å²) in [5.41, 5.74) is 0.712. The van der Waals surface area contributed by atoms with Gasteiger partial charge >= 0.3 is 0 Å². The molecule has 1 fully saturated rings. The zero-order chi connectivity index (χ0) is 14.0. The lowest BCUT2D eigenvalue weighted by Crippen LogP contribution is -2.24. The normalized spacial score (nSPS) is 19.7. The number of carbonyl (C=O) groups is 1. The van der Waals surface area contributed by atoms with Gasteiger partial charge in [-0.15, -0.1) is 6.58 Å². The maximum absolute atomic E-state index is 11.8. The first-order valence-corrected chi connectivity index (χ1v) is 7.43. The maximum Gasteiger partial charge on any atom is 0.240 e. The van der Waals surface area contributed by atoms with E-state index in [9.17, 15) is 13.2 Å². The summed E-state index contributed by atoms with van der Waals surface area (Å²) >= 11 is 0. The van der Waals surface area contributed by atoms with Gasteiger partial charge in [-0.05, 0) is 31.3 Å². The molecule has 1 aromatic rings. The molecule has 1 aliphatic rings. The second-order valence-corrected chi connectivity index (χ2v) is 6.29. The van der Waals surface area contributed by atoms with Gasteiger partial charge in [0.15, 0.2) is 0 Å². The smallest absolute Gasteiger partial charge is 0.240 e. The van der Waals surface area contributed by atoms with Crippen LogP contribution >= 0.6 is 0 Å². The van der Waals surface area contributed by atoms with Gasteiger partial charge in [-0.1, -0.05) is 6.08 Å². The Labute approximate surface area is 113 Å². The van der Waals surface area contributed by atoms with Crippen LogP contribution in [-0.4, -0.2) is 27.9 Å². The molecule has 1 saturated heterocycles. The lowest BCUT2D eigenvalue weighted by molar-refractivity contribution is -0.117. The van der Waals surface area contributed by atoms with Crippen molar-refractivity contribution >= 4 is 21.6 Å². The highest BCUT2D eigenvalue weighted by molar-refractivity contribution is 7.89. The highest BCUT2D eigenvalue weighted by Crippen LogP contribution is 2.26. The van der Waals surface area contributed by atoms with Crippen molar-refractivity contribution in [3.05, 3.63) is 36.9 Å². The zero-order valence-corrected chi connectivity index (χ0v) is 11.5. The largest absolute Gasteiger partial charge is 0.312 e. The van der Waals surface area contributed by atoms with Crippen molar-refractivity contribution in [2.24, 2.45) is 5.92 Å². The van der Waals surface area contributed by atoms with Gasteiger partial charge in [0, 0.05) is 24.6 Å². The molecular weight excluding hydrogens is 264 g/mol. The quantitative estimate of drug-likeness (QED) is 0.841. The van der Waals surface area contributed by atoms with Crippen molar-refractivity contribution in [3.8, 4) is 0 Å². The first kappa shape index (κ1) is 13.8. The number of anilines is 1. The lowest BCUT2D eigenvalue weighted by atomic mass is 10.1. The topological polar surface area (TPSA) is 66.5 Å². The maximum atomic E-state index is 11.8. The average Bonchev–Trinajstić information content (AvgIpc) is 2.80. The van der Waals surface area contributed by atoms with E-state index in [0.717, 1.165) is 0 Å². The Kier molecular flexibility index (Phi) is 3.73. The lowest BCUT2D eigenvalue weighted by Gasteiger charge is -2.16. The van der Waals surface area contributed by atoms with Crippen molar-refractivity contribution in [1.29, 1.82) is 0 Å². The number of hydrogen-bond donors (Lipinski definition) is 1. The van der Waals surface area contributed by atoms with Gasteiger partial charge in [0.1, 0.15) is 0 Å². The molecule has 1 heterocycles. The van der Waals surface area contributed by atoms with Gasteiger partial charge in [0.2, 0.25) is 15.9 Å². The molecule has 1 amide bonds. The van der Waals surface area contributed by atoms with Gasteiger partial charge in [-0.2, -0.15) is 0 Å². The van der Waals surface area contributed by atoms with Crippen LogP contribution in [-0.2, 0) is 14.8 Å². The number of carbonyl (C=O) groups excluding carboxylic acids is 1. The number of nitrogens with zero attached hydrogens (tertiary/aromatic N) is 1. The van der Waals surface area contributed by atoms with E-state index < -0.39 is 10.0 Å². The van der Waals surface area contributed by atoms with Crippen LogP contribution in [0.1, 0.15) is 6.42 Å². The Bertz CT molecular complexity index is 593. The standard InChI is InChI=1S/C13H16N2O3S/c1-3-10-8-13(16)15(9-10)11-4-6-12(7-5-11)19(17,18)14-2/h3-7,10,14H,1,8-9H2,2H3. The summed E-state index contributed by atoms with van der Waals surface area (Å²) in [4.78, 5) is 13.7. The van der Waals surface area contributed by atoms with E-state index in [-0.39, 0.29) is 16.7 Å². The number of rotatable bonds is 4. The SMILES string of the molecule is C=CC1CC(=O)N(c2ccc(S(=O)(=O)NC)cc2)C1. The van der Waals surface area contributed by atoms with Crippen LogP contribution in [0, 0.1) is 5.92 Å². The Morgan fingerprint density at radius 2 is 2.00 bits per heavy atom. The van der Waals surface area contributed by atoms with E-state index in [2.05, 4.69) is 11.3 Å². The summed E-state index contributed by atoms with van der Waals surface area (Å²) in [6.45, 7) is 4.29. The highest BCUT2D eigenvalue weighted by Gasteiger charge is 2.28. The Balaban J connectivity index is 2.24. The average molecular weight is 280 g/mol. The van der Waals surface area contributed by atoms with Gasteiger partial charge in [-0.3, -0.25) is 4.79 Å². The predicted octanol–water partition coefficient (Wildman–Crippen LogP) is 1.13. The van der Waals surface area contributed by atoms with Crippen LogP contribution in [0.5, 0.6) is 0 Å². The molecule has 0 spiro atoms. The summed E-state index contributed by atoms with van der Waals surface area (Å²) in [7, 11) is -2.07. The fourth-order valence-electron chi connectivity index (χ4n) is 2.07. The molecule has 1 aromatic carbocycles. The van der Waals surface area contributed by atoms with E-state index in [0.29, 0.717) is 18.7 Å². The molecule has 0 radical (unpaired) electrons. The number of benzene rings is 1. The van der Waals surface area contributed by atoms with Crippen molar-refractivity contribution < 1.29 is 13.2 Å². The summed E-state index contributed by atoms with van der Waals surface area (Å²) < 4.78 is 25.4. The molecule has 0 aromatic heterocycles. The van der Waals surface area contributed by atoms with Gasteiger partial charge in [0.25, 0.3) is 0 Å². The van der Waals surface area contributed by atoms with Crippen LogP contribution < -0.4 is 9.62 Å². The molecule has 1 aliphatic heterocycles. The van der Waals surface area contributed by atoms with Crippen LogP contribution in [0.25, 0.3) is 0 Å². The molecule has 5 nitrogen and oxygen atoms in total. The summed E-state index contributed by atoms with van der Waals surface area (Å²) in [6, 6.07) is 6.28. The first-order valence-electron chi connectivity index (χ1n) is 5.94. The fourth-order valence-corrected chi connectivity index (χ4v) is 2.80. The molecule has 0 saturated carbocycles. The minimum atomic E-state index is -3.44. The molecule has 1 N–H and O–H groups in total. The van der Waals surface area contributed by atoms with Gasteiger partial charge in [-0.25, -0.2) is 13.1 Å². The first-order chi connectivity index (χ1) is 8.97. The molecule has 102 valence electrons. The predicted molar refractivity (Wildman–Crippen MR) is 73.3 cm³/mol. The Hall–Kier alpha value is -1.66. The van der Waals surface area contributed by atoms with E-state index >= 15 is 0 Å². The summed E-state index contributed by atoms with van der Waals surface area (Å²) in [5.74, 6) is 0.197. The van der Waals surface area contributed by atoms with E-state index in [1.807, 2.05) is 0 Å². The van der Waals surface area contributed by atoms with Crippen molar-refractivity contribution in [1.82, 2.24) is 4.72 Å². The molecule has 2 rings (SSSR count). The Morgan fingerprint density at radius 1 is 1.37 bits per heavy atom. The van der Waals surface area contributed by atoms with Gasteiger partial charge < -0.3 is 4.90 Å². The molecule has 1 atom stereocenters. The molecular formula is C13H16N2O3S.